The SMILES string of the molecule is CC(C)NC(=O)C(=O)N/N=C\c1ccc(OCC(=O)N2CCCC2)cc1. The first kappa shape index (κ1) is 19.4. The average Bonchev–Trinajstić information content (AvgIpc) is 3.15. The summed E-state index contributed by atoms with van der Waals surface area (Å²) in [7, 11) is 0. The zero-order valence-corrected chi connectivity index (χ0v) is 15.0. The van der Waals surface area contributed by atoms with Gasteiger partial charge in [-0.05, 0) is 56.5 Å². The normalized spacial score (nSPS) is 13.9. The Morgan fingerprint density at radius 3 is 2.42 bits per heavy atom. The quantitative estimate of drug-likeness (QED) is 0.442. The lowest BCUT2D eigenvalue weighted by atomic mass is 10.2. The Morgan fingerprint density at radius 1 is 1.15 bits per heavy atom. The van der Waals surface area contributed by atoms with Gasteiger partial charge in [0.1, 0.15) is 5.75 Å². The van der Waals surface area contributed by atoms with E-state index in [0.29, 0.717) is 11.3 Å². The van der Waals surface area contributed by atoms with Crippen LogP contribution >= 0.6 is 0 Å². The fraction of sp³-hybridized carbons (Fsp3) is 0.444. The molecule has 0 atom stereocenters. The summed E-state index contributed by atoms with van der Waals surface area (Å²) >= 11 is 0. The van der Waals surface area contributed by atoms with Gasteiger partial charge < -0.3 is 15.0 Å². The van der Waals surface area contributed by atoms with Crippen molar-refractivity contribution >= 4 is 23.9 Å². The fourth-order valence-electron chi connectivity index (χ4n) is 2.40. The van der Waals surface area contributed by atoms with E-state index in [0.717, 1.165) is 25.9 Å². The van der Waals surface area contributed by atoms with E-state index < -0.39 is 11.8 Å². The summed E-state index contributed by atoms with van der Waals surface area (Å²) in [5.41, 5.74) is 2.87. The fourth-order valence-corrected chi connectivity index (χ4v) is 2.40. The molecule has 1 aromatic carbocycles. The van der Waals surface area contributed by atoms with E-state index in [1.165, 1.54) is 6.21 Å². The molecule has 0 unspecified atom stereocenters. The second-order valence-corrected chi connectivity index (χ2v) is 6.27. The molecule has 140 valence electrons. The Bertz CT molecular complexity index is 664. The smallest absolute Gasteiger partial charge is 0.329 e. The molecule has 0 saturated carbocycles. The van der Waals surface area contributed by atoms with Gasteiger partial charge in [0, 0.05) is 19.1 Å². The highest BCUT2D eigenvalue weighted by Crippen LogP contribution is 2.12. The van der Waals surface area contributed by atoms with Crippen molar-refractivity contribution in [2.45, 2.75) is 32.7 Å². The first-order valence-corrected chi connectivity index (χ1v) is 8.60. The van der Waals surface area contributed by atoms with Crippen molar-refractivity contribution in [3.8, 4) is 5.75 Å². The number of benzene rings is 1. The number of nitrogens with zero attached hydrogens (tertiary/aromatic N) is 2. The molecule has 2 rings (SSSR count). The van der Waals surface area contributed by atoms with Crippen LogP contribution in [0.3, 0.4) is 0 Å². The molecule has 26 heavy (non-hydrogen) atoms. The number of hydrogen-bond donors (Lipinski definition) is 2. The third kappa shape index (κ3) is 6.19. The predicted molar refractivity (Wildman–Crippen MR) is 96.8 cm³/mol. The van der Waals surface area contributed by atoms with Crippen molar-refractivity contribution in [3.63, 3.8) is 0 Å². The van der Waals surface area contributed by atoms with Crippen molar-refractivity contribution in [2.24, 2.45) is 5.10 Å². The Labute approximate surface area is 152 Å². The second-order valence-electron chi connectivity index (χ2n) is 6.27. The molecule has 1 heterocycles. The minimum absolute atomic E-state index is 0.00414. The molecule has 8 heteroatoms. The van der Waals surface area contributed by atoms with E-state index in [4.69, 9.17) is 4.74 Å². The number of likely N-dealkylation sites (tertiary alicyclic amines) is 1. The maximum Gasteiger partial charge on any atom is 0.329 e. The van der Waals surface area contributed by atoms with Gasteiger partial charge in [-0.1, -0.05) is 0 Å². The van der Waals surface area contributed by atoms with Gasteiger partial charge in [0.15, 0.2) is 6.61 Å². The van der Waals surface area contributed by atoms with Crippen LogP contribution in [-0.4, -0.2) is 54.6 Å². The summed E-state index contributed by atoms with van der Waals surface area (Å²) in [5.74, 6) is -0.982. The molecule has 0 spiro atoms. The van der Waals surface area contributed by atoms with Crippen LogP contribution in [0, 0.1) is 0 Å². The summed E-state index contributed by atoms with van der Waals surface area (Å²) in [5, 5.41) is 6.21. The molecule has 1 fully saturated rings. The van der Waals surface area contributed by atoms with E-state index in [-0.39, 0.29) is 18.6 Å². The topological polar surface area (TPSA) is 100 Å². The van der Waals surface area contributed by atoms with Crippen LogP contribution in [0.5, 0.6) is 5.75 Å². The molecule has 8 nitrogen and oxygen atoms in total. The zero-order chi connectivity index (χ0) is 18.9. The molecule has 0 bridgehead atoms. The second kappa shape index (κ2) is 9.55. The molecule has 1 aliphatic rings. The van der Waals surface area contributed by atoms with Crippen LogP contribution in [0.15, 0.2) is 29.4 Å². The van der Waals surface area contributed by atoms with Gasteiger partial charge >= 0.3 is 11.8 Å². The van der Waals surface area contributed by atoms with Crippen LogP contribution in [0.25, 0.3) is 0 Å². The highest BCUT2D eigenvalue weighted by Gasteiger charge is 2.18. The maximum absolute atomic E-state index is 11.9. The number of hydrogen-bond acceptors (Lipinski definition) is 5. The number of rotatable bonds is 6. The molecular weight excluding hydrogens is 336 g/mol. The number of ether oxygens (including phenoxy) is 1. The van der Waals surface area contributed by atoms with Crippen molar-refractivity contribution in [3.05, 3.63) is 29.8 Å². The summed E-state index contributed by atoms with van der Waals surface area (Å²) in [6, 6.07) is 6.78. The van der Waals surface area contributed by atoms with E-state index in [1.54, 1.807) is 43.0 Å². The Balaban J connectivity index is 1.76. The first-order chi connectivity index (χ1) is 12.5. The van der Waals surface area contributed by atoms with Crippen LogP contribution in [0.4, 0.5) is 0 Å². The van der Waals surface area contributed by atoms with Crippen molar-refractivity contribution in [2.75, 3.05) is 19.7 Å². The summed E-state index contributed by atoms with van der Waals surface area (Å²) in [6.45, 7) is 5.15. The summed E-state index contributed by atoms with van der Waals surface area (Å²) in [4.78, 5) is 36.6. The van der Waals surface area contributed by atoms with Gasteiger partial charge in [-0.25, -0.2) is 5.43 Å². The lowest BCUT2D eigenvalue weighted by molar-refractivity contribution is -0.139. The minimum Gasteiger partial charge on any atom is -0.484 e. The van der Waals surface area contributed by atoms with E-state index in [2.05, 4.69) is 15.8 Å². The number of nitrogens with one attached hydrogen (secondary N) is 2. The number of hydrazone groups is 1. The Hall–Kier alpha value is -2.90. The van der Waals surface area contributed by atoms with Gasteiger partial charge in [-0.3, -0.25) is 14.4 Å². The van der Waals surface area contributed by atoms with E-state index >= 15 is 0 Å². The van der Waals surface area contributed by atoms with E-state index in [1.807, 2.05) is 0 Å². The molecule has 1 saturated heterocycles. The predicted octanol–water partition coefficient (Wildman–Crippen LogP) is 0.662. The minimum atomic E-state index is -0.824. The average molecular weight is 360 g/mol. The first-order valence-electron chi connectivity index (χ1n) is 8.60. The maximum atomic E-state index is 11.9. The van der Waals surface area contributed by atoms with Crippen LogP contribution in [-0.2, 0) is 14.4 Å². The lowest BCUT2D eigenvalue weighted by Crippen LogP contribution is -2.41. The molecule has 1 aromatic rings. The third-order valence-electron chi connectivity index (χ3n) is 3.71. The van der Waals surface area contributed by atoms with Gasteiger partial charge in [0.25, 0.3) is 5.91 Å². The molecule has 3 amide bonds. The molecular formula is C18H24N4O4. The highest BCUT2D eigenvalue weighted by molar-refractivity contribution is 6.35. The van der Waals surface area contributed by atoms with Gasteiger partial charge in [-0.15, -0.1) is 0 Å². The molecule has 2 N–H and O–H groups in total. The third-order valence-corrected chi connectivity index (χ3v) is 3.71. The molecule has 0 aromatic heterocycles. The highest BCUT2D eigenvalue weighted by atomic mass is 16.5. The van der Waals surface area contributed by atoms with Crippen molar-refractivity contribution in [1.82, 2.24) is 15.6 Å². The van der Waals surface area contributed by atoms with Crippen LogP contribution in [0.1, 0.15) is 32.3 Å². The van der Waals surface area contributed by atoms with Gasteiger partial charge in [-0.2, -0.15) is 5.10 Å². The standard InChI is InChI=1S/C18H24N4O4/c1-13(2)20-17(24)18(25)21-19-11-14-5-7-15(8-6-14)26-12-16(23)22-9-3-4-10-22/h5-8,11,13H,3-4,9-10,12H2,1-2H3,(H,20,24)(H,21,25)/b19-11-. The summed E-state index contributed by atoms with van der Waals surface area (Å²) < 4.78 is 5.49. The molecule has 1 aliphatic heterocycles. The van der Waals surface area contributed by atoms with Crippen LogP contribution in [0.2, 0.25) is 0 Å². The van der Waals surface area contributed by atoms with E-state index in [9.17, 15) is 14.4 Å². The van der Waals surface area contributed by atoms with Crippen molar-refractivity contribution in [1.29, 1.82) is 0 Å². The number of carbonyl (C=O) groups is 3. The zero-order valence-electron chi connectivity index (χ0n) is 15.0. The Morgan fingerprint density at radius 2 is 1.81 bits per heavy atom. The number of amides is 3. The number of carbonyl (C=O) groups excluding carboxylic acids is 3. The van der Waals surface area contributed by atoms with Gasteiger partial charge in [0.05, 0.1) is 6.21 Å². The largest absolute Gasteiger partial charge is 0.484 e. The molecule has 0 radical (unpaired) electrons. The molecule has 0 aliphatic carbocycles. The van der Waals surface area contributed by atoms with Crippen LogP contribution < -0.4 is 15.5 Å². The van der Waals surface area contributed by atoms with Gasteiger partial charge in [0.2, 0.25) is 0 Å². The van der Waals surface area contributed by atoms with Crippen molar-refractivity contribution < 1.29 is 19.1 Å². The monoisotopic (exact) mass is 360 g/mol. The summed E-state index contributed by atoms with van der Waals surface area (Å²) in [6.07, 6.45) is 3.52. The Kier molecular flexibility index (Phi) is 7.13. The lowest BCUT2D eigenvalue weighted by Gasteiger charge is -2.15.